The monoisotopic (exact) mass is 297 g/mol. The molecule has 1 aromatic heterocycles. The highest BCUT2D eigenvalue weighted by atomic mass is 79.9. The van der Waals surface area contributed by atoms with Gasteiger partial charge in [0.2, 0.25) is 5.91 Å². The summed E-state index contributed by atoms with van der Waals surface area (Å²) in [4.78, 5) is 26.9. The van der Waals surface area contributed by atoms with E-state index in [1.165, 1.54) is 6.20 Å². The first-order valence-electron chi connectivity index (χ1n) is 5.34. The van der Waals surface area contributed by atoms with Crippen molar-refractivity contribution < 1.29 is 9.59 Å². The molecule has 1 fully saturated rings. The number of hydrogen-bond acceptors (Lipinski definition) is 3. The van der Waals surface area contributed by atoms with E-state index in [1.807, 2.05) is 0 Å². The molecule has 17 heavy (non-hydrogen) atoms. The first kappa shape index (κ1) is 12.0. The number of nitrogens with zero attached hydrogens (tertiary/aromatic N) is 1. The van der Waals surface area contributed by atoms with Crippen LogP contribution in [0.4, 0.5) is 0 Å². The van der Waals surface area contributed by atoms with E-state index in [1.54, 1.807) is 12.1 Å². The third kappa shape index (κ3) is 3.81. The molecule has 1 aliphatic carbocycles. The Bertz CT molecular complexity index is 446. The van der Waals surface area contributed by atoms with Gasteiger partial charge in [0.25, 0.3) is 5.91 Å². The van der Waals surface area contributed by atoms with Gasteiger partial charge in [-0.3, -0.25) is 9.59 Å². The molecule has 2 amide bonds. The van der Waals surface area contributed by atoms with Crippen LogP contribution in [0.3, 0.4) is 0 Å². The van der Waals surface area contributed by atoms with Crippen molar-refractivity contribution in [2.75, 3.05) is 6.54 Å². The van der Waals surface area contributed by atoms with Gasteiger partial charge in [0.05, 0.1) is 6.54 Å². The van der Waals surface area contributed by atoms with Crippen LogP contribution in [-0.2, 0) is 4.79 Å². The molecule has 0 unspecified atom stereocenters. The number of pyridine rings is 1. The van der Waals surface area contributed by atoms with E-state index in [-0.39, 0.29) is 18.4 Å². The minimum Gasteiger partial charge on any atom is -0.352 e. The number of hydrogen-bond donors (Lipinski definition) is 2. The lowest BCUT2D eigenvalue weighted by molar-refractivity contribution is -0.120. The molecule has 1 heterocycles. The first-order chi connectivity index (χ1) is 8.15. The molecule has 0 atom stereocenters. The first-order valence-corrected chi connectivity index (χ1v) is 6.13. The molecule has 0 saturated heterocycles. The van der Waals surface area contributed by atoms with Crippen LogP contribution in [0.5, 0.6) is 0 Å². The molecule has 2 N–H and O–H groups in total. The van der Waals surface area contributed by atoms with Crippen LogP contribution in [-0.4, -0.2) is 29.4 Å². The van der Waals surface area contributed by atoms with Crippen molar-refractivity contribution in [2.24, 2.45) is 0 Å². The number of amides is 2. The van der Waals surface area contributed by atoms with Gasteiger partial charge >= 0.3 is 0 Å². The number of carbonyl (C=O) groups excluding carboxylic acids is 2. The predicted octanol–water partition coefficient (Wildman–Crippen LogP) is 0.852. The third-order valence-corrected chi connectivity index (χ3v) is 2.77. The molecule has 0 radical (unpaired) electrons. The van der Waals surface area contributed by atoms with E-state index in [9.17, 15) is 9.59 Å². The van der Waals surface area contributed by atoms with Crippen LogP contribution < -0.4 is 10.6 Å². The second-order valence-corrected chi connectivity index (χ2v) is 4.70. The quantitative estimate of drug-likeness (QED) is 0.810. The summed E-state index contributed by atoms with van der Waals surface area (Å²) >= 11 is 3.18. The lowest BCUT2D eigenvalue weighted by atomic mass is 10.2. The van der Waals surface area contributed by atoms with Gasteiger partial charge in [-0.15, -0.1) is 0 Å². The highest BCUT2D eigenvalue weighted by Gasteiger charge is 2.23. The van der Waals surface area contributed by atoms with Crippen molar-refractivity contribution in [3.05, 3.63) is 28.5 Å². The van der Waals surface area contributed by atoms with Crippen LogP contribution in [0.15, 0.2) is 22.9 Å². The van der Waals surface area contributed by atoms with Gasteiger partial charge in [-0.1, -0.05) is 0 Å². The van der Waals surface area contributed by atoms with Crippen molar-refractivity contribution >= 4 is 27.7 Å². The van der Waals surface area contributed by atoms with Gasteiger partial charge < -0.3 is 10.6 Å². The molecule has 0 bridgehead atoms. The van der Waals surface area contributed by atoms with Crippen molar-refractivity contribution in [2.45, 2.75) is 18.9 Å². The van der Waals surface area contributed by atoms with Gasteiger partial charge in [0.1, 0.15) is 4.60 Å². The topological polar surface area (TPSA) is 71.1 Å². The maximum absolute atomic E-state index is 11.7. The van der Waals surface area contributed by atoms with Crippen LogP contribution in [0, 0.1) is 0 Å². The van der Waals surface area contributed by atoms with Gasteiger partial charge in [-0.05, 0) is 40.9 Å². The van der Waals surface area contributed by atoms with E-state index < -0.39 is 0 Å². The second-order valence-electron chi connectivity index (χ2n) is 3.89. The predicted molar refractivity (Wildman–Crippen MR) is 65.4 cm³/mol. The molecule has 1 saturated carbocycles. The maximum atomic E-state index is 11.7. The highest BCUT2D eigenvalue weighted by Crippen LogP contribution is 2.18. The summed E-state index contributed by atoms with van der Waals surface area (Å²) in [6.07, 6.45) is 3.61. The molecule has 5 nitrogen and oxygen atoms in total. The summed E-state index contributed by atoms with van der Waals surface area (Å²) < 4.78 is 0.590. The van der Waals surface area contributed by atoms with Crippen LogP contribution in [0.25, 0.3) is 0 Å². The molecule has 6 heteroatoms. The summed E-state index contributed by atoms with van der Waals surface area (Å²) in [6, 6.07) is 3.52. The van der Waals surface area contributed by atoms with Crippen molar-refractivity contribution in [3.63, 3.8) is 0 Å². The molecular formula is C11H12BrN3O2. The van der Waals surface area contributed by atoms with Crippen molar-refractivity contribution in [1.29, 1.82) is 0 Å². The van der Waals surface area contributed by atoms with Gasteiger partial charge in [0, 0.05) is 17.8 Å². The molecule has 0 spiro atoms. The lowest BCUT2D eigenvalue weighted by Gasteiger charge is -2.05. The van der Waals surface area contributed by atoms with Crippen LogP contribution in [0.2, 0.25) is 0 Å². The lowest BCUT2D eigenvalue weighted by Crippen LogP contribution is -2.37. The number of nitrogens with one attached hydrogen (secondary N) is 2. The summed E-state index contributed by atoms with van der Waals surface area (Å²) in [5.41, 5.74) is 0.478. The Hall–Kier alpha value is -1.43. The van der Waals surface area contributed by atoms with E-state index >= 15 is 0 Å². The van der Waals surface area contributed by atoms with E-state index in [2.05, 4.69) is 31.5 Å². The molecule has 1 aromatic rings. The molecule has 2 rings (SSSR count). The largest absolute Gasteiger partial charge is 0.352 e. The van der Waals surface area contributed by atoms with E-state index in [0.717, 1.165) is 12.8 Å². The maximum Gasteiger partial charge on any atom is 0.251 e. The minimum absolute atomic E-state index is 0.00920. The van der Waals surface area contributed by atoms with Gasteiger partial charge in [-0.2, -0.15) is 0 Å². The Labute approximate surface area is 107 Å². The molecular weight excluding hydrogens is 286 g/mol. The number of rotatable bonds is 4. The molecule has 1 aliphatic rings. The molecule has 0 aromatic carbocycles. The zero-order valence-electron chi connectivity index (χ0n) is 9.07. The average molecular weight is 298 g/mol. The van der Waals surface area contributed by atoms with Gasteiger partial charge in [-0.25, -0.2) is 4.98 Å². The standard InChI is InChI=1S/C11H12BrN3O2/c12-9-5-7(3-4-13-9)11(17)14-6-10(16)15-8-1-2-8/h3-5,8H,1-2,6H2,(H,14,17)(H,15,16). The Morgan fingerprint density at radius 2 is 2.24 bits per heavy atom. The third-order valence-electron chi connectivity index (χ3n) is 2.34. The summed E-state index contributed by atoms with van der Waals surface area (Å²) in [7, 11) is 0. The smallest absolute Gasteiger partial charge is 0.251 e. The molecule has 0 aliphatic heterocycles. The second kappa shape index (κ2) is 5.27. The zero-order chi connectivity index (χ0) is 12.3. The zero-order valence-corrected chi connectivity index (χ0v) is 10.7. The minimum atomic E-state index is -0.279. The Balaban J connectivity index is 1.82. The summed E-state index contributed by atoms with van der Waals surface area (Å²) in [5, 5.41) is 5.36. The fourth-order valence-electron chi connectivity index (χ4n) is 1.31. The summed E-state index contributed by atoms with van der Waals surface area (Å²) in [5.74, 6) is -0.423. The average Bonchev–Trinajstić information content (AvgIpc) is 3.10. The Kier molecular flexibility index (Phi) is 3.73. The summed E-state index contributed by atoms with van der Waals surface area (Å²) in [6.45, 7) is 0.00920. The van der Waals surface area contributed by atoms with Gasteiger partial charge in [0.15, 0.2) is 0 Å². The van der Waals surface area contributed by atoms with Crippen LogP contribution in [0.1, 0.15) is 23.2 Å². The normalized spacial score (nSPS) is 14.2. The van der Waals surface area contributed by atoms with E-state index in [0.29, 0.717) is 16.2 Å². The van der Waals surface area contributed by atoms with Crippen LogP contribution >= 0.6 is 15.9 Å². The number of halogens is 1. The number of aromatic nitrogens is 1. The fourth-order valence-corrected chi connectivity index (χ4v) is 1.68. The SMILES string of the molecule is O=C(CNC(=O)c1ccnc(Br)c1)NC1CC1. The van der Waals surface area contributed by atoms with E-state index in [4.69, 9.17) is 0 Å². The number of carbonyl (C=O) groups is 2. The molecule has 90 valence electrons. The highest BCUT2D eigenvalue weighted by molar-refractivity contribution is 9.10. The van der Waals surface area contributed by atoms with Crippen molar-refractivity contribution in [3.8, 4) is 0 Å². The Morgan fingerprint density at radius 1 is 1.47 bits per heavy atom. The van der Waals surface area contributed by atoms with Crippen molar-refractivity contribution in [1.82, 2.24) is 15.6 Å². The fraction of sp³-hybridized carbons (Fsp3) is 0.364. The Morgan fingerprint density at radius 3 is 2.88 bits per heavy atom.